The van der Waals surface area contributed by atoms with Crippen LogP contribution in [0.4, 0.5) is 0 Å². The molecular weight excluding hydrogens is 370 g/mol. The Hall–Kier alpha value is -2.99. The maximum atomic E-state index is 12.8. The predicted molar refractivity (Wildman–Crippen MR) is 112 cm³/mol. The molecule has 0 aliphatic heterocycles. The molecule has 28 heavy (non-hydrogen) atoms. The Morgan fingerprint density at radius 1 is 1.11 bits per heavy atom. The lowest BCUT2D eigenvalue weighted by atomic mass is 10.1. The van der Waals surface area contributed by atoms with Gasteiger partial charge in [0.2, 0.25) is 5.91 Å². The van der Waals surface area contributed by atoms with Crippen molar-refractivity contribution in [3.63, 3.8) is 0 Å². The van der Waals surface area contributed by atoms with Crippen molar-refractivity contribution in [3.8, 4) is 10.6 Å². The molecule has 3 rings (SSSR count). The summed E-state index contributed by atoms with van der Waals surface area (Å²) in [5.74, 6) is -0.889. The van der Waals surface area contributed by atoms with E-state index in [0.29, 0.717) is 17.0 Å². The van der Waals surface area contributed by atoms with Crippen LogP contribution in [0.3, 0.4) is 0 Å². The van der Waals surface area contributed by atoms with Gasteiger partial charge in [-0.2, -0.15) is 0 Å². The van der Waals surface area contributed by atoms with Crippen molar-refractivity contribution in [2.75, 3.05) is 0 Å². The van der Waals surface area contributed by atoms with Crippen molar-refractivity contribution in [3.05, 3.63) is 75.8 Å². The lowest BCUT2D eigenvalue weighted by Crippen LogP contribution is -2.45. The van der Waals surface area contributed by atoms with Crippen molar-refractivity contribution >= 4 is 23.2 Å². The van der Waals surface area contributed by atoms with Gasteiger partial charge in [-0.15, -0.1) is 11.3 Å². The van der Waals surface area contributed by atoms with E-state index in [2.05, 4.69) is 16.4 Å². The van der Waals surface area contributed by atoms with Gasteiger partial charge in [0.15, 0.2) is 0 Å². The Morgan fingerprint density at radius 2 is 1.82 bits per heavy atom. The van der Waals surface area contributed by atoms with Crippen LogP contribution < -0.4 is 11.1 Å². The zero-order valence-electron chi connectivity index (χ0n) is 16.2. The summed E-state index contributed by atoms with van der Waals surface area (Å²) in [6.45, 7) is 5.87. The summed E-state index contributed by atoms with van der Waals surface area (Å²) < 4.78 is 0. The average molecular weight is 394 g/mol. The second-order valence-corrected chi connectivity index (χ2v) is 7.87. The topological polar surface area (TPSA) is 85.1 Å². The lowest BCUT2D eigenvalue weighted by Gasteiger charge is -2.15. The van der Waals surface area contributed by atoms with Gasteiger partial charge in [0.05, 0.1) is 5.69 Å². The normalized spacial score (nSPS) is 11.8. The molecule has 0 saturated carbocycles. The minimum absolute atomic E-state index is 0.328. The van der Waals surface area contributed by atoms with Gasteiger partial charge in [-0.05, 0) is 31.9 Å². The van der Waals surface area contributed by atoms with Gasteiger partial charge in [0.1, 0.15) is 15.9 Å². The van der Waals surface area contributed by atoms with Crippen molar-refractivity contribution in [1.29, 1.82) is 0 Å². The van der Waals surface area contributed by atoms with Gasteiger partial charge in [-0.1, -0.05) is 54.1 Å². The van der Waals surface area contributed by atoms with Gasteiger partial charge in [0, 0.05) is 12.0 Å². The quantitative estimate of drug-likeness (QED) is 0.671. The van der Waals surface area contributed by atoms with Crippen LogP contribution in [0.5, 0.6) is 0 Å². The van der Waals surface area contributed by atoms with Crippen molar-refractivity contribution in [2.45, 2.75) is 33.2 Å². The van der Waals surface area contributed by atoms with Gasteiger partial charge in [-0.25, -0.2) is 4.98 Å². The molecule has 144 valence electrons. The first-order chi connectivity index (χ1) is 13.3. The highest BCUT2D eigenvalue weighted by Crippen LogP contribution is 2.30. The molecule has 1 heterocycles. The molecule has 5 nitrogen and oxygen atoms in total. The Balaban J connectivity index is 1.81. The first-order valence-electron chi connectivity index (χ1n) is 9.04. The third-order valence-corrected chi connectivity index (χ3v) is 5.74. The number of aryl methyl sites for hydroxylation is 3. The minimum Gasteiger partial charge on any atom is -0.368 e. The van der Waals surface area contributed by atoms with E-state index in [1.54, 1.807) is 6.92 Å². The lowest BCUT2D eigenvalue weighted by molar-refractivity contribution is -0.119. The summed E-state index contributed by atoms with van der Waals surface area (Å²) in [5.41, 5.74) is 10.4. The van der Waals surface area contributed by atoms with Crippen LogP contribution in [0.1, 0.15) is 32.1 Å². The molecule has 6 heteroatoms. The van der Waals surface area contributed by atoms with E-state index < -0.39 is 11.9 Å². The molecule has 3 aromatic rings. The standard InChI is InChI=1S/C22H23N3O2S/c1-13-9-10-17(14(2)11-13)22-24-15(3)19(28-22)21(27)25-18(20(23)26)12-16-7-5-4-6-8-16/h4-11,18H,12H2,1-3H3,(H2,23,26)(H,25,27). The largest absolute Gasteiger partial charge is 0.368 e. The average Bonchev–Trinajstić information content (AvgIpc) is 3.03. The molecular formula is C22H23N3O2S. The minimum atomic E-state index is -0.777. The number of rotatable bonds is 6. The van der Waals surface area contributed by atoms with E-state index in [0.717, 1.165) is 21.7 Å². The van der Waals surface area contributed by atoms with E-state index in [4.69, 9.17) is 5.73 Å². The van der Waals surface area contributed by atoms with Crippen molar-refractivity contribution < 1.29 is 9.59 Å². The Kier molecular flexibility index (Phi) is 5.90. The number of aromatic nitrogens is 1. The third-order valence-electron chi connectivity index (χ3n) is 4.55. The molecule has 0 bridgehead atoms. The number of nitrogens with two attached hydrogens (primary N) is 1. The van der Waals surface area contributed by atoms with Crippen LogP contribution >= 0.6 is 11.3 Å². The fraction of sp³-hybridized carbons (Fsp3) is 0.227. The number of carbonyl (C=O) groups excluding carboxylic acids is 2. The van der Waals surface area contributed by atoms with Crippen LogP contribution in [0.15, 0.2) is 48.5 Å². The first kappa shape index (κ1) is 19.8. The molecule has 0 radical (unpaired) electrons. The number of benzene rings is 2. The van der Waals surface area contributed by atoms with Gasteiger partial charge >= 0.3 is 0 Å². The fourth-order valence-electron chi connectivity index (χ4n) is 3.07. The van der Waals surface area contributed by atoms with Crippen molar-refractivity contribution in [2.24, 2.45) is 5.73 Å². The van der Waals surface area contributed by atoms with E-state index in [1.165, 1.54) is 16.9 Å². The summed E-state index contributed by atoms with van der Waals surface area (Å²) in [6.07, 6.45) is 0.351. The van der Waals surface area contributed by atoms with E-state index >= 15 is 0 Å². The molecule has 2 aromatic carbocycles. The SMILES string of the molecule is Cc1ccc(-c2nc(C)c(C(=O)NC(Cc3ccccc3)C(N)=O)s2)c(C)c1. The summed E-state index contributed by atoms with van der Waals surface area (Å²) >= 11 is 1.33. The zero-order valence-corrected chi connectivity index (χ0v) is 17.0. The van der Waals surface area contributed by atoms with Gasteiger partial charge < -0.3 is 11.1 Å². The smallest absolute Gasteiger partial charge is 0.263 e. The van der Waals surface area contributed by atoms with Crippen LogP contribution in [0.25, 0.3) is 10.6 Å². The number of hydrogen-bond acceptors (Lipinski definition) is 4. The molecule has 2 amide bonds. The zero-order chi connectivity index (χ0) is 20.3. The molecule has 1 unspecified atom stereocenters. The number of primary amides is 1. The number of nitrogens with zero attached hydrogens (tertiary/aromatic N) is 1. The fourth-order valence-corrected chi connectivity index (χ4v) is 4.13. The highest BCUT2D eigenvalue weighted by Gasteiger charge is 2.23. The Labute approximate surface area is 168 Å². The van der Waals surface area contributed by atoms with Crippen LogP contribution in [0.2, 0.25) is 0 Å². The molecule has 1 aromatic heterocycles. The van der Waals surface area contributed by atoms with E-state index in [9.17, 15) is 9.59 Å². The molecule has 0 aliphatic carbocycles. The molecule has 0 aliphatic rings. The number of nitrogens with one attached hydrogen (secondary N) is 1. The first-order valence-corrected chi connectivity index (χ1v) is 9.86. The third kappa shape index (κ3) is 4.46. The van der Waals surface area contributed by atoms with Crippen LogP contribution in [-0.2, 0) is 11.2 Å². The number of amides is 2. The maximum Gasteiger partial charge on any atom is 0.263 e. The summed E-state index contributed by atoms with van der Waals surface area (Å²) in [7, 11) is 0. The highest BCUT2D eigenvalue weighted by atomic mass is 32.1. The highest BCUT2D eigenvalue weighted by molar-refractivity contribution is 7.17. The molecule has 1 atom stereocenters. The predicted octanol–water partition coefficient (Wildman–Crippen LogP) is 3.56. The van der Waals surface area contributed by atoms with Gasteiger partial charge in [0.25, 0.3) is 5.91 Å². The summed E-state index contributed by atoms with van der Waals surface area (Å²) in [4.78, 5) is 29.7. The van der Waals surface area contributed by atoms with Crippen LogP contribution in [0, 0.1) is 20.8 Å². The second-order valence-electron chi connectivity index (χ2n) is 6.87. The molecule has 0 fully saturated rings. The summed E-state index contributed by atoms with van der Waals surface area (Å²) in [5, 5.41) is 3.56. The second kappa shape index (κ2) is 8.35. The monoisotopic (exact) mass is 393 g/mol. The van der Waals surface area contributed by atoms with Gasteiger partial charge in [-0.3, -0.25) is 9.59 Å². The number of thiazole rings is 1. The van der Waals surface area contributed by atoms with E-state index in [-0.39, 0.29) is 5.91 Å². The number of hydrogen-bond donors (Lipinski definition) is 2. The van der Waals surface area contributed by atoms with Crippen LogP contribution in [-0.4, -0.2) is 22.8 Å². The van der Waals surface area contributed by atoms with Crippen molar-refractivity contribution in [1.82, 2.24) is 10.3 Å². The van der Waals surface area contributed by atoms with E-state index in [1.807, 2.05) is 56.3 Å². The Bertz CT molecular complexity index is 1010. The number of carbonyl (C=O) groups is 2. The molecule has 0 spiro atoms. The molecule has 3 N–H and O–H groups in total. The molecule has 0 saturated heterocycles. The Morgan fingerprint density at radius 3 is 2.46 bits per heavy atom. The maximum absolute atomic E-state index is 12.8. The summed E-state index contributed by atoms with van der Waals surface area (Å²) in [6, 6.07) is 14.8.